The van der Waals surface area contributed by atoms with E-state index < -0.39 is 17.4 Å². The van der Waals surface area contributed by atoms with Gasteiger partial charge in [-0.15, -0.1) is 0 Å². The topological polar surface area (TPSA) is 110 Å². The fourth-order valence-electron chi connectivity index (χ4n) is 3.13. The van der Waals surface area contributed by atoms with Gasteiger partial charge < -0.3 is 29.6 Å². The molecule has 8 heteroatoms. The lowest BCUT2D eigenvalue weighted by molar-refractivity contribution is -0.140. The van der Waals surface area contributed by atoms with Gasteiger partial charge in [-0.05, 0) is 48.6 Å². The van der Waals surface area contributed by atoms with Crippen LogP contribution in [0.5, 0.6) is 11.5 Å². The predicted molar refractivity (Wildman–Crippen MR) is 92.8 cm³/mol. The molecule has 2 aliphatic rings. The molecule has 2 heterocycles. The van der Waals surface area contributed by atoms with E-state index in [0.29, 0.717) is 17.3 Å². The molecule has 0 spiro atoms. The van der Waals surface area contributed by atoms with Crippen LogP contribution in [0.1, 0.15) is 24.2 Å². The van der Waals surface area contributed by atoms with Gasteiger partial charge in [-0.1, -0.05) is 6.07 Å². The van der Waals surface area contributed by atoms with Gasteiger partial charge in [0, 0.05) is 6.54 Å². The van der Waals surface area contributed by atoms with Gasteiger partial charge in [0.2, 0.25) is 6.79 Å². The fourth-order valence-corrected chi connectivity index (χ4v) is 3.13. The van der Waals surface area contributed by atoms with Gasteiger partial charge in [0.25, 0.3) is 0 Å². The Labute approximate surface area is 155 Å². The lowest BCUT2D eigenvalue weighted by Crippen LogP contribution is -2.47. The van der Waals surface area contributed by atoms with Crippen LogP contribution in [-0.2, 0) is 21.7 Å². The summed E-state index contributed by atoms with van der Waals surface area (Å²) >= 11 is 0. The Morgan fingerprint density at radius 2 is 1.89 bits per heavy atom. The van der Waals surface area contributed by atoms with Crippen LogP contribution in [0.15, 0.2) is 41.0 Å². The minimum absolute atomic E-state index is 0.0145. The summed E-state index contributed by atoms with van der Waals surface area (Å²) in [7, 11) is 0. The first kappa shape index (κ1) is 17.4. The van der Waals surface area contributed by atoms with E-state index >= 15 is 0 Å². The van der Waals surface area contributed by atoms with Gasteiger partial charge in [0.1, 0.15) is 11.4 Å². The highest BCUT2D eigenvalue weighted by Gasteiger charge is 2.47. The zero-order chi connectivity index (χ0) is 18.9. The molecule has 2 aromatic rings. The Kier molecular flexibility index (Phi) is 4.49. The molecule has 1 aromatic carbocycles. The van der Waals surface area contributed by atoms with Crippen molar-refractivity contribution in [2.45, 2.75) is 25.0 Å². The molecular weight excluding hydrogens is 352 g/mol. The summed E-state index contributed by atoms with van der Waals surface area (Å²) in [6.45, 7) is 0.266. The second-order valence-corrected chi connectivity index (χ2v) is 6.73. The maximum atomic E-state index is 12.1. The Hall–Kier alpha value is -3.00. The SMILES string of the molecule is O=C(NCc1ccc2c(c1)OCO2)C(=O)NC[C@](O)(c1ccco1)C1CC1. The van der Waals surface area contributed by atoms with Gasteiger partial charge in [0.15, 0.2) is 11.5 Å². The van der Waals surface area contributed by atoms with E-state index in [0.717, 1.165) is 18.4 Å². The van der Waals surface area contributed by atoms with Crippen LogP contribution in [0.4, 0.5) is 0 Å². The number of benzene rings is 1. The Bertz CT molecular complexity index is 846. The molecule has 0 unspecified atom stereocenters. The molecule has 0 saturated heterocycles. The van der Waals surface area contributed by atoms with Crippen LogP contribution in [0, 0.1) is 5.92 Å². The molecule has 0 bridgehead atoms. The summed E-state index contributed by atoms with van der Waals surface area (Å²) in [5, 5.41) is 15.9. The van der Waals surface area contributed by atoms with Crippen molar-refractivity contribution in [3.05, 3.63) is 47.9 Å². The van der Waals surface area contributed by atoms with Crippen molar-refractivity contribution >= 4 is 11.8 Å². The van der Waals surface area contributed by atoms with Crippen LogP contribution >= 0.6 is 0 Å². The molecule has 1 aliphatic carbocycles. The number of carbonyl (C=O) groups excluding carboxylic acids is 2. The summed E-state index contributed by atoms with van der Waals surface area (Å²) in [6.07, 6.45) is 3.18. The predicted octanol–water partition coefficient (Wildman–Crippen LogP) is 1.04. The van der Waals surface area contributed by atoms with Crippen LogP contribution < -0.4 is 20.1 Å². The van der Waals surface area contributed by atoms with Gasteiger partial charge in [0.05, 0.1) is 12.8 Å². The summed E-state index contributed by atoms with van der Waals surface area (Å²) in [6, 6.07) is 8.65. The number of nitrogens with one attached hydrogen (secondary N) is 2. The Balaban J connectivity index is 1.31. The van der Waals surface area contributed by atoms with Gasteiger partial charge >= 0.3 is 11.8 Å². The van der Waals surface area contributed by atoms with Gasteiger partial charge in [-0.2, -0.15) is 0 Å². The van der Waals surface area contributed by atoms with Crippen LogP contribution in [-0.4, -0.2) is 30.3 Å². The quantitative estimate of drug-likeness (QED) is 0.654. The molecule has 0 radical (unpaired) electrons. The van der Waals surface area contributed by atoms with Crippen molar-refractivity contribution in [1.82, 2.24) is 10.6 Å². The summed E-state index contributed by atoms with van der Waals surface area (Å²) in [4.78, 5) is 24.2. The molecule has 8 nitrogen and oxygen atoms in total. The second-order valence-electron chi connectivity index (χ2n) is 6.73. The van der Waals surface area contributed by atoms with Gasteiger partial charge in [-0.25, -0.2) is 0 Å². The smallest absolute Gasteiger partial charge is 0.309 e. The number of amides is 2. The first-order valence-electron chi connectivity index (χ1n) is 8.77. The second kappa shape index (κ2) is 6.96. The maximum absolute atomic E-state index is 12.1. The molecule has 1 saturated carbocycles. The van der Waals surface area contributed by atoms with Crippen molar-refractivity contribution < 1.29 is 28.6 Å². The fraction of sp³-hybridized carbons (Fsp3) is 0.368. The van der Waals surface area contributed by atoms with Gasteiger partial charge in [-0.3, -0.25) is 9.59 Å². The highest BCUT2D eigenvalue weighted by molar-refractivity contribution is 6.35. The molecule has 142 valence electrons. The maximum Gasteiger partial charge on any atom is 0.309 e. The first-order chi connectivity index (χ1) is 13.1. The number of rotatable bonds is 6. The van der Waals surface area contributed by atoms with E-state index in [2.05, 4.69) is 10.6 Å². The average Bonchev–Trinajstić information content (AvgIpc) is 3.20. The number of carbonyl (C=O) groups is 2. The van der Waals surface area contributed by atoms with E-state index in [-0.39, 0.29) is 25.8 Å². The molecule has 2 amide bonds. The normalized spacial score (nSPS) is 17.2. The van der Waals surface area contributed by atoms with Crippen molar-refractivity contribution in [3.63, 3.8) is 0 Å². The van der Waals surface area contributed by atoms with E-state index in [1.165, 1.54) is 6.26 Å². The lowest BCUT2D eigenvalue weighted by atomic mass is 9.94. The van der Waals surface area contributed by atoms with Crippen molar-refractivity contribution in [3.8, 4) is 11.5 Å². The zero-order valence-corrected chi connectivity index (χ0v) is 14.6. The Morgan fingerprint density at radius 1 is 1.11 bits per heavy atom. The standard InChI is InChI=1S/C19H20N2O6/c22-17(20-9-12-3-6-14-15(8-12)27-11-26-14)18(23)21-10-19(24,13-4-5-13)16-2-1-7-25-16/h1-3,6-8,13,24H,4-5,9-11H2,(H,20,22)(H,21,23)/t19-/m1/s1. The van der Waals surface area contributed by atoms with E-state index in [4.69, 9.17) is 13.9 Å². The number of hydrogen-bond acceptors (Lipinski definition) is 6. The largest absolute Gasteiger partial charge is 0.466 e. The molecule has 27 heavy (non-hydrogen) atoms. The third kappa shape index (κ3) is 3.61. The summed E-state index contributed by atoms with van der Waals surface area (Å²) in [5.41, 5.74) is -0.512. The minimum atomic E-state index is -1.29. The number of fused-ring (bicyclic) bond motifs is 1. The van der Waals surface area contributed by atoms with E-state index in [9.17, 15) is 14.7 Å². The molecule has 1 atom stereocenters. The number of furan rings is 1. The number of aliphatic hydroxyl groups is 1. The summed E-state index contributed by atoms with van der Waals surface area (Å²) < 4.78 is 15.8. The highest BCUT2D eigenvalue weighted by atomic mass is 16.7. The first-order valence-corrected chi connectivity index (χ1v) is 8.77. The van der Waals surface area contributed by atoms with Crippen molar-refractivity contribution in [2.75, 3.05) is 13.3 Å². The van der Waals surface area contributed by atoms with Crippen LogP contribution in [0.2, 0.25) is 0 Å². The highest BCUT2D eigenvalue weighted by Crippen LogP contribution is 2.45. The number of hydrogen-bond donors (Lipinski definition) is 3. The molecular formula is C19H20N2O6. The zero-order valence-electron chi connectivity index (χ0n) is 14.6. The third-order valence-corrected chi connectivity index (χ3v) is 4.82. The third-order valence-electron chi connectivity index (χ3n) is 4.82. The average molecular weight is 372 g/mol. The molecule has 4 rings (SSSR count). The van der Waals surface area contributed by atoms with Crippen molar-refractivity contribution in [1.29, 1.82) is 0 Å². The van der Waals surface area contributed by atoms with Crippen LogP contribution in [0.25, 0.3) is 0 Å². The molecule has 1 aromatic heterocycles. The lowest BCUT2D eigenvalue weighted by Gasteiger charge is -2.26. The van der Waals surface area contributed by atoms with Crippen LogP contribution in [0.3, 0.4) is 0 Å². The Morgan fingerprint density at radius 3 is 2.63 bits per heavy atom. The van der Waals surface area contributed by atoms with E-state index in [1.54, 1.807) is 30.3 Å². The van der Waals surface area contributed by atoms with Crippen molar-refractivity contribution in [2.24, 2.45) is 5.92 Å². The minimum Gasteiger partial charge on any atom is -0.466 e. The molecule has 3 N–H and O–H groups in total. The molecule has 1 aliphatic heterocycles. The summed E-state index contributed by atoms with van der Waals surface area (Å²) in [5.74, 6) is 0.0950. The number of ether oxygens (including phenoxy) is 2. The molecule has 1 fully saturated rings. The monoisotopic (exact) mass is 372 g/mol. The van der Waals surface area contributed by atoms with E-state index in [1.807, 2.05) is 0 Å².